The maximum Gasteiger partial charge on any atom is 0.349 e. The molecule has 0 amide bonds. The zero-order valence-corrected chi connectivity index (χ0v) is 15.5. The van der Waals surface area contributed by atoms with Crippen LogP contribution in [0.5, 0.6) is 11.5 Å². The van der Waals surface area contributed by atoms with Crippen LogP contribution in [0.25, 0.3) is 0 Å². The Kier molecular flexibility index (Phi) is 5.99. The summed E-state index contributed by atoms with van der Waals surface area (Å²) in [4.78, 5) is 34.8. The largest absolute Gasteiger partial charge is 0.482 e. The van der Waals surface area contributed by atoms with Crippen LogP contribution in [0.4, 0.5) is 5.69 Å². The molecule has 0 N–H and O–H groups in total. The monoisotopic (exact) mass is 391 g/mol. The third-order valence-electron chi connectivity index (χ3n) is 4.04. The quantitative estimate of drug-likeness (QED) is 0.198. The van der Waals surface area contributed by atoms with Crippen molar-refractivity contribution in [2.75, 3.05) is 6.61 Å². The third kappa shape index (κ3) is 5.04. The van der Waals surface area contributed by atoms with E-state index in [-0.39, 0.29) is 17.2 Å². The minimum Gasteiger partial charge on any atom is -0.482 e. The van der Waals surface area contributed by atoms with E-state index >= 15 is 0 Å². The summed E-state index contributed by atoms with van der Waals surface area (Å²) in [6.07, 6.45) is 0. The van der Waals surface area contributed by atoms with Crippen molar-refractivity contribution in [2.45, 2.75) is 6.92 Å². The summed E-state index contributed by atoms with van der Waals surface area (Å²) in [7, 11) is 0. The smallest absolute Gasteiger partial charge is 0.349 e. The minimum absolute atomic E-state index is 0.122. The molecule has 3 aromatic carbocycles. The summed E-state index contributed by atoms with van der Waals surface area (Å²) in [5, 5.41) is 11.0. The molecule has 146 valence electrons. The number of ketones is 1. The SMILES string of the molecule is Cc1ccc([N+](=O)[O-])c(OC(=O)COc2ccc(C(=O)c3ccccc3)cc2)c1. The number of hydrogen-bond acceptors (Lipinski definition) is 6. The number of carbonyl (C=O) groups is 2. The zero-order valence-electron chi connectivity index (χ0n) is 15.5. The molecule has 0 aliphatic rings. The van der Waals surface area contributed by atoms with E-state index in [0.29, 0.717) is 16.9 Å². The van der Waals surface area contributed by atoms with Gasteiger partial charge in [-0.05, 0) is 42.8 Å². The normalized spacial score (nSPS) is 10.2. The van der Waals surface area contributed by atoms with Gasteiger partial charge < -0.3 is 9.47 Å². The molecule has 0 aliphatic heterocycles. The summed E-state index contributed by atoms with van der Waals surface area (Å²) < 4.78 is 10.4. The van der Waals surface area contributed by atoms with Gasteiger partial charge >= 0.3 is 11.7 Å². The number of carbonyl (C=O) groups excluding carboxylic acids is 2. The molecule has 3 rings (SSSR count). The molecular weight excluding hydrogens is 374 g/mol. The van der Waals surface area contributed by atoms with Crippen LogP contribution in [0.2, 0.25) is 0 Å². The lowest BCUT2D eigenvalue weighted by Gasteiger charge is -2.08. The van der Waals surface area contributed by atoms with Crippen molar-refractivity contribution in [1.82, 2.24) is 0 Å². The maximum absolute atomic E-state index is 12.4. The van der Waals surface area contributed by atoms with Gasteiger partial charge in [0, 0.05) is 17.2 Å². The van der Waals surface area contributed by atoms with Crippen LogP contribution >= 0.6 is 0 Å². The molecule has 0 aliphatic carbocycles. The minimum atomic E-state index is -0.775. The van der Waals surface area contributed by atoms with Gasteiger partial charge in [-0.2, -0.15) is 0 Å². The second-order valence-electron chi connectivity index (χ2n) is 6.21. The molecule has 0 spiro atoms. The lowest BCUT2D eigenvalue weighted by atomic mass is 10.0. The van der Waals surface area contributed by atoms with Crippen LogP contribution in [-0.4, -0.2) is 23.3 Å². The fraction of sp³-hybridized carbons (Fsp3) is 0.0909. The predicted molar refractivity (Wildman–Crippen MR) is 105 cm³/mol. The number of nitro groups is 1. The Labute approximate surface area is 166 Å². The second kappa shape index (κ2) is 8.79. The Balaban J connectivity index is 1.61. The van der Waals surface area contributed by atoms with E-state index in [0.717, 1.165) is 5.56 Å². The van der Waals surface area contributed by atoms with E-state index in [1.54, 1.807) is 61.5 Å². The van der Waals surface area contributed by atoms with Crippen LogP contribution in [0.15, 0.2) is 72.8 Å². The van der Waals surface area contributed by atoms with Gasteiger partial charge in [-0.15, -0.1) is 0 Å². The fourth-order valence-corrected chi connectivity index (χ4v) is 2.61. The first-order chi connectivity index (χ1) is 13.9. The first kappa shape index (κ1) is 19.8. The zero-order chi connectivity index (χ0) is 20.8. The second-order valence-corrected chi connectivity index (χ2v) is 6.21. The average molecular weight is 391 g/mol. The highest BCUT2D eigenvalue weighted by atomic mass is 16.6. The molecule has 0 fully saturated rings. The standard InChI is InChI=1S/C22H17NO6/c1-15-7-12-19(23(26)27)20(13-15)29-21(24)14-28-18-10-8-17(9-11-18)22(25)16-5-3-2-4-6-16/h2-13H,14H2,1H3. The summed E-state index contributed by atoms with van der Waals surface area (Å²) in [5.74, 6) is -0.663. The Morgan fingerprint density at radius 3 is 2.24 bits per heavy atom. The maximum atomic E-state index is 12.4. The molecule has 0 saturated heterocycles. The van der Waals surface area contributed by atoms with Crippen LogP contribution in [-0.2, 0) is 4.79 Å². The van der Waals surface area contributed by atoms with Crippen molar-refractivity contribution in [3.8, 4) is 11.5 Å². The molecule has 0 bridgehead atoms. The van der Waals surface area contributed by atoms with Crippen LogP contribution in [0.3, 0.4) is 0 Å². The highest BCUT2D eigenvalue weighted by Gasteiger charge is 2.18. The van der Waals surface area contributed by atoms with Crippen molar-refractivity contribution < 1.29 is 24.0 Å². The van der Waals surface area contributed by atoms with Crippen molar-refractivity contribution >= 4 is 17.4 Å². The van der Waals surface area contributed by atoms with E-state index in [4.69, 9.17) is 9.47 Å². The molecule has 0 radical (unpaired) electrons. The van der Waals surface area contributed by atoms with E-state index < -0.39 is 17.5 Å². The Morgan fingerprint density at radius 2 is 1.59 bits per heavy atom. The molecule has 0 saturated carbocycles. The lowest BCUT2D eigenvalue weighted by Crippen LogP contribution is -2.18. The van der Waals surface area contributed by atoms with Gasteiger partial charge in [0.25, 0.3) is 0 Å². The van der Waals surface area contributed by atoms with Gasteiger partial charge in [-0.1, -0.05) is 36.4 Å². The highest BCUT2D eigenvalue weighted by Crippen LogP contribution is 2.28. The topological polar surface area (TPSA) is 95.7 Å². The van der Waals surface area contributed by atoms with Gasteiger partial charge in [0.1, 0.15) is 5.75 Å². The molecule has 7 heteroatoms. The van der Waals surface area contributed by atoms with E-state index in [1.165, 1.54) is 12.1 Å². The third-order valence-corrected chi connectivity index (χ3v) is 4.04. The van der Waals surface area contributed by atoms with E-state index in [9.17, 15) is 19.7 Å². The Bertz CT molecular complexity index is 1040. The molecule has 0 heterocycles. The van der Waals surface area contributed by atoms with Gasteiger partial charge in [0.2, 0.25) is 5.75 Å². The van der Waals surface area contributed by atoms with E-state index in [2.05, 4.69) is 0 Å². The summed E-state index contributed by atoms with van der Waals surface area (Å²) in [5.41, 5.74) is 1.48. The number of rotatable bonds is 7. The van der Waals surface area contributed by atoms with Crippen LogP contribution in [0, 0.1) is 17.0 Å². The first-order valence-corrected chi connectivity index (χ1v) is 8.72. The summed E-state index contributed by atoms with van der Waals surface area (Å²) >= 11 is 0. The van der Waals surface area contributed by atoms with Crippen molar-refractivity contribution in [3.63, 3.8) is 0 Å². The lowest BCUT2D eigenvalue weighted by molar-refractivity contribution is -0.385. The molecular formula is C22H17NO6. The number of nitro benzene ring substituents is 1. The Hall–Kier alpha value is -4.00. The molecule has 7 nitrogen and oxygen atoms in total. The van der Waals surface area contributed by atoms with Crippen molar-refractivity contribution in [1.29, 1.82) is 0 Å². The van der Waals surface area contributed by atoms with Gasteiger partial charge in [0.15, 0.2) is 12.4 Å². The van der Waals surface area contributed by atoms with Gasteiger partial charge in [-0.3, -0.25) is 14.9 Å². The predicted octanol–water partition coefficient (Wildman–Crippen LogP) is 4.12. The highest BCUT2D eigenvalue weighted by molar-refractivity contribution is 6.08. The molecule has 0 atom stereocenters. The summed E-state index contributed by atoms with van der Waals surface area (Å²) in [6, 6.07) is 19.5. The van der Waals surface area contributed by atoms with Crippen LogP contribution in [0.1, 0.15) is 21.5 Å². The van der Waals surface area contributed by atoms with Gasteiger partial charge in [0.05, 0.1) is 4.92 Å². The number of ether oxygens (including phenoxy) is 2. The molecule has 29 heavy (non-hydrogen) atoms. The number of esters is 1. The van der Waals surface area contributed by atoms with Crippen molar-refractivity contribution in [2.24, 2.45) is 0 Å². The van der Waals surface area contributed by atoms with Crippen LogP contribution < -0.4 is 9.47 Å². The van der Waals surface area contributed by atoms with Crippen molar-refractivity contribution in [3.05, 3.63) is 99.6 Å². The number of nitrogens with zero attached hydrogens (tertiary/aromatic N) is 1. The number of benzene rings is 3. The number of hydrogen-bond donors (Lipinski definition) is 0. The summed E-state index contributed by atoms with van der Waals surface area (Å²) in [6.45, 7) is 1.30. The van der Waals surface area contributed by atoms with E-state index in [1.807, 2.05) is 6.07 Å². The molecule has 3 aromatic rings. The molecule has 0 unspecified atom stereocenters. The fourth-order valence-electron chi connectivity index (χ4n) is 2.61. The Morgan fingerprint density at radius 1 is 0.931 bits per heavy atom. The molecule has 0 aromatic heterocycles. The first-order valence-electron chi connectivity index (χ1n) is 8.72. The average Bonchev–Trinajstić information content (AvgIpc) is 2.72. The number of aryl methyl sites for hydroxylation is 1. The van der Waals surface area contributed by atoms with Gasteiger partial charge in [-0.25, -0.2) is 4.79 Å².